The Labute approximate surface area is 92.9 Å². The van der Waals surface area contributed by atoms with Gasteiger partial charge in [0, 0.05) is 10.9 Å². The predicted octanol–water partition coefficient (Wildman–Crippen LogP) is 2.44. The standard InChI is InChI=1S/C12H13NO3/c1-3-7-4-5-9-8(11(7)16-2)6-10(13-9)12(14)15/h4-6,13H,3H2,1-2H3,(H,14,15). The number of aromatic amines is 1. The highest BCUT2D eigenvalue weighted by Crippen LogP contribution is 2.30. The maximum absolute atomic E-state index is 10.9. The van der Waals surface area contributed by atoms with Gasteiger partial charge in [0.25, 0.3) is 0 Å². The molecule has 0 aliphatic rings. The van der Waals surface area contributed by atoms with Crippen molar-refractivity contribution in [1.82, 2.24) is 4.98 Å². The van der Waals surface area contributed by atoms with Crippen molar-refractivity contribution in [1.29, 1.82) is 0 Å². The number of aromatic nitrogens is 1. The van der Waals surface area contributed by atoms with Crippen molar-refractivity contribution in [2.45, 2.75) is 13.3 Å². The first kappa shape index (κ1) is 10.5. The van der Waals surface area contributed by atoms with E-state index in [2.05, 4.69) is 4.98 Å². The maximum atomic E-state index is 10.9. The van der Waals surface area contributed by atoms with Gasteiger partial charge < -0.3 is 14.8 Å². The van der Waals surface area contributed by atoms with Crippen LogP contribution in [0.25, 0.3) is 10.9 Å². The van der Waals surface area contributed by atoms with E-state index >= 15 is 0 Å². The molecule has 0 amide bonds. The normalized spacial score (nSPS) is 10.6. The van der Waals surface area contributed by atoms with Crippen LogP contribution in [0.15, 0.2) is 18.2 Å². The van der Waals surface area contributed by atoms with E-state index in [1.54, 1.807) is 13.2 Å². The quantitative estimate of drug-likeness (QED) is 0.833. The number of carbonyl (C=O) groups is 1. The van der Waals surface area contributed by atoms with Crippen molar-refractivity contribution < 1.29 is 14.6 Å². The van der Waals surface area contributed by atoms with E-state index in [-0.39, 0.29) is 5.69 Å². The molecular formula is C12H13NO3. The average molecular weight is 219 g/mol. The van der Waals surface area contributed by atoms with Crippen LogP contribution in [0.1, 0.15) is 23.0 Å². The van der Waals surface area contributed by atoms with Crippen LogP contribution in [-0.4, -0.2) is 23.2 Å². The lowest BCUT2D eigenvalue weighted by atomic mass is 10.1. The zero-order valence-corrected chi connectivity index (χ0v) is 9.20. The van der Waals surface area contributed by atoms with Gasteiger partial charge in [0.1, 0.15) is 11.4 Å². The number of hydrogen-bond acceptors (Lipinski definition) is 2. The predicted molar refractivity (Wildman–Crippen MR) is 61.2 cm³/mol. The fraction of sp³-hybridized carbons (Fsp3) is 0.250. The molecule has 0 radical (unpaired) electrons. The minimum atomic E-state index is -0.962. The van der Waals surface area contributed by atoms with Crippen LogP contribution in [0.3, 0.4) is 0 Å². The lowest BCUT2D eigenvalue weighted by Gasteiger charge is -2.07. The fourth-order valence-corrected chi connectivity index (χ4v) is 1.86. The van der Waals surface area contributed by atoms with Gasteiger partial charge in [-0.15, -0.1) is 0 Å². The number of aromatic carboxylic acids is 1. The first-order chi connectivity index (χ1) is 7.67. The number of fused-ring (bicyclic) bond motifs is 1. The van der Waals surface area contributed by atoms with Crippen LogP contribution in [0, 0.1) is 0 Å². The number of methoxy groups -OCH3 is 1. The van der Waals surface area contributed by atoms with E-state index in [9.17, 15) is 4.79 Å². The van der Waals surface area contributed by atoms with E-state index in [1.807, 2.05) is 19.1 Å². The highest BCUT2D eigenvalue weighted by atomic mass is 16.5. The minimum absolute atomic E-state index is 0.182. The second kappa shape index (κ2) is 3.89. The zero-order chi connectivity index (χ0) is 11.7. The molecule has 0 atom stereocenters. The number of hydrogen-bond donors (Lipinski definition) is 2. The molecule has 1 aromatic carbocycles. The Kier molecular flexibility index (Phi) is 2.56. The van der Waals surface area contributed by atoms with Crippen LogP contribution in [0.5, 0.6) is 5.75 Å². The van der Waals surface area contributed by atoms with Crippen LogP contribution in [0.4, 0.5) is 0 Å². The number of rotatable bonds is 3. The molecular weight excluding hydrogens is 206 g/mol. The van der Waals surface area contributed by atoms with Gasteiger partial charge in [-0.25, -0.2) is 4.79 Å². The molecule has 0 unspecified atom stereocenters. The molecule has 2 aromatic rings. The number of carboxylic acid groups (broad SMARTS) is 1. The van der Waals surface area contributed by atoms with Crippen molar-refractivity contribution >= 4 is 16.9 Å². The van der Waals surface area contributed by atoms with Crippen molar-refractivity contribution in [2.24, 2.45) is 0 Å². The van der Waals surface area contributed by atoms with Crippen molar-refractivity contribution in [3.05, 3.63) is 29.5 Å². The van der Waals surface area contributed by atoms with Crippen molar-refractivity contribution in [3.63, 3.8) is 0 Å². The zero-order valence-electron chi connectivity index (χ0n) is 9.20. The number of carboxylic acids is 1. The smallest absolute Gasteiger partial charge is 0.352 e. The van der Waals surface area contributed by atoms with E-state index < -0.39 is 5.97 Å². The summed E-state index contributed by atoms with van der Waals surface area (Å²) in [7, 11) is 1.60. The van der Waals surface area contributed by atoms with E-state index in [4.69, 9.17) is 9.84 Å². The van der Waals surface area contributed by atoms with Gasteiger partial charge in [0.15, 0.2) is 0 Å². The Morgan fingerprint density at radius 3 is 2.81 bits per heavy atom. The van der Waals surface area contributed by atoms with Gasteiger partial charge in [0.05, 0.1) is 7.11 Å². The largest absolute Gasteiger partial charge is 0.496 e. The summed E-state index contributed by atoms with van der Waals surface area (Å²) in [6.45, 7) is 2.04. The molecule has 0 spiro atoms. The molecule has 1 aromatic heterocycles. The molecule has 0 aliphatic carbocycles. The summed E-state index contributed by atoms with van der Waals surface area (Å²) in [5.74, 6) is -0.208. The Balaban J connectivity index is 2.71. The van der Waals surface area contributed by atoms with Gasteiger partial charge in [0.2, 0.25) is 0 Å². The first-order valence-electron chi connectivity index (χ1n) is 5.09. The molecule has 0 aliphatic heterocycles. The topological polar surface area (TPSA) is 62.3 Å². The number of ether oxygens (including phenoxy) is 1. The highest BCUT2D eigenvalue weighted by Gasteiger charge is 2.12. The van der Waals surface area contributed by atoms with E-state index in [1.165, 1.54) is 0 Å². The molecule has 2 rings (SSSR count). The second-order valence-corrected chi connectivity index (χ2v) is 3.56. The lowest BCUT2D eigenvalue weighted by molar-refractivity contribution is 0.0691. The van der Waals surface area contributed by atoms with Crippen LogP contribution >= 0.6 is 0 Å². The summed E-state index contributed by atoms with van der Waals surface area (Å²) in [6, 6.07) is 5.43. The SMILES string of the molecule is CCc1ccc2[nH]c(C(=O)O)cc2c1OC. The Morgan fingerprint density at radius 1 is 1.50 bits per heavy atom. The van der Waals surface area contributed by atoms with Crippen molar-refractivity contribution in [2.75, 3.05) is 7.11 Å². The van der Waals surface area contributed by atoms with Gasteiger partial charge in [-0.2, -0.15) is 0 Å². The average Bonchev–Trinajstić information content (AvgIpc) is 2.71. The molecule has 1 heterocycles. The molecule has 4 heteroatoms. The fourth-order valence-electron chi connectivity index (χ4n) is 1.86. The summed E-state index contributed by atoms with van der Waals surface area (Å²) in [5, 5.41) is 9.72. The monoisotopic (exact) mass is 219 g/mol. The molecule has 2 N–H and O–H groups in total. The lowest BCUT2D eigenvalue weighted by Crippen LogP contribution is -1.94. The summed E-state index contributed by atoms with van der Waals surface area (Å²) < 4.78 is 5.33. The molecule has 0 fully saturated rings. The number of aryl methyl sites for hydroxylation is 1. The van der Waals surface area contributed by atoms with Gasteiger partial charge >= 0.3 is 5.97 Å². The van der Waals surface area contributed by atoms with Crippen molar-refractivity contribution in [3.8, 4) is 5.75 Å². The number of benzene rings is 1. The van der Waals surface area contributed by atoms with Gasteiger partial charge in [-0.1, -0.05) is 13.0 Å². The first-order valence-corrected chi connectivity index (χ1v) is 5.09. The van der Waals surface area contributed by atoms with E-state index in [0.717, 1.165) is 28.6 Å². The minimum Gasteiger partial charge on any atom is -0.496 e. The second-order valence-electron chi connectivity index (χ2n) is 3.56. The molecule has 0 saturated carbocycles. The Bertz CT molecular complexity index is 542. The summed E-state index contributed by atoms with van der Waals surface area (Å²) in [4.78, 5) is 13.7. The Hall–Kier alpha value is -1.97. The number of nitrogens with one attached hydrogen (secondary N) is 1. The molecule has 16 heavy (non-hydrogen) atoms. The molecule has 4 nitrogen and oxygen atoms in total. The maximum Gasteiger partial charge on any atom is 0.352 e. The third kappa shape index (κ3) is 1.52. The van der Waals surface area contributed by atoms with Crippen LogP contribution in [0.2, 0.25) is 0 Å². The summed E-state index contributed by atoms with van der Waals surface area (Å²) in [6.07, 6.45) is 0.854. The van der Waals surface area contributed by atoms with Gasteiger partial charge in [-0.3, -0.25) is 0 Å². The summed E-state index contributed by atoms with van der Waals surface area (Å²) in [5.41, 5.74) is 2.04. The van der Waals surface area contributed by atoms with Gasteiger partial charge in [-0.05, 0) is 24.1 Å². The molecule has 0 bridgehead atoms. The van der Waals surface area contributed by atoms with Crippen LogP contribution in [-0.2, 0) is 6.42 Å². The molecule has 84 valence electrons. The Morgan fingerprint density at radius 2 is 2.25 bits per heavy atom. The summed E-state index contributed by atoms with van der Waals surface area (Å²) >= 11 is 0. The third-order valence-corrected chi connectivity index (χ3v) is 2.65. The highest BCUT2D eigenvalue weighted by molar-refractivity contribution is 5.96. The molecule has 0 saturated heterocycles. The third-order valence-electron chi connectivity index (χ3n) is 2.65. The number of H-pyrrole nitrogens is 1. The van der Waals surface area contributed by atoms with Crippen LogP contribution < -0.4 is 4.74 Å². The van der Waals surface area contributed by atoms with E-state index in [0.29, 0.717) is 0 Å².